The number of nitrogens with zero attached hydrogens (tertiary/aromatic N) is 4. The predicted octanol–water partition coefficient (Wildman–Crippen LogP) is 3.04. The number of carbonyl (C=O) groups excluding carboxylic acids is 2. The van der Waals surface area contributed by atoms with Gasteiger partial charge in [-0.3, -0.25) is 14.5 Å². The molecular formula is C23H29FN4O2S. The Bertz CT molecular complexity index is 902. The van der Waals surface area contributed by atoms with E-state index in [0.29, 0.717) is 25.3 Å². The van der Waals surface area contributed by atoms with E-state index in [4.69, 9.17) is 0 Å². The third-order valence-electron chi connectivity index (χ3n) is 6.00. The molecule has 0 spiro atoms. The average molecular weight is 445 g/mol. The van der Waals surface area contributed by atoms with E-state index in [-0.39, 0.29) is 24.1 Å². The van der Waals surface area contributed by atoms with Gasteiger partial charge in [-0.15, -0.1) is 11.3 Å². The molecule has 1 aromatic heterocycles. The Hall–Kier alpha value is -2.32. The highest BCUT2D eigenvalue weighted by Gasteiger charge is 2.25. The minimum Gasteiger partial charge on any atom is -0.342 e. The van der Waals surface area contributed by atoms with Gasteiger partial charge in [0.05, 0.1) is 18.7 Å². The lowest BCUT2D eigenvalue weighted by Gasteiger charge is -2.35. The molecule has 0 atom stereocenters. The van der Waals surface area contributed by atoms with Crippen LogP contribution in [0.1, 0.15) is 31.4 Å². The van der Waals surface area contributed by atoms with E-state index < -0.39 is 0 Å². The van der Waals surface area contributed by atoms with Crippen LogP contribution in [0.4, 0.5) is 4.39 Å². The van der Waals surface area contributed by atoms with Crippen molar-refractivity contribution in [2.45, 2.75) is 32.1 Å². The lowest BCUT2D eigenvalue weighted by molar-refractivity contribution is -0.134. The molecule has 6 nitrogen and oxygen atoms in total. The fourth-order valence-corrected chi connectivity index (χ4v) is 4.99. The van der Waals surface area contributed by atoms with Gasteiger partial charge in [0.15, 0.2) is 0 Å². The molecule has 0 unspecified atom stereocenters. The van der Waals surface area contributed by atoms with Crippen LogP contribution < -0.4 is 0 Å². The summed E-state index contributed by atoms with van der Waals surface area (Å²) >= 11 is 1.42. The Balaban J connectivity index is 1.24. The number of aromatic nitrogens is 1. The molecule has 2 aliphatic rings. The van der Waals surface area contributed by atoms with Crippen LogP contribution in [0.25, 0.3) is 10.6 Å². The first-order valence-electron chi connectivity index (χ1n) is 11.1. The molecule has 8 heteroatoms. The van der Waals surface area contributed by atoms with Crippen molar-refractivity contribution in [2.24, 2.45) is 0 Å². The summed E-state index contributed by atoms with van der Waals surface area (Å²) in [6.45, 7) is 4.91. The van der Waals surface area contributed by atoms with Crippen molar-refractivity contribution in [1.29, 1.82) is 0 Å². The molecule has 166 valence electrons. The van der Waals surface area contributed by atoms with E-state index in [2.05, 4.69) is 9.88 Å². The molecule has 0 N–H and O–H groups in total. The molecule has 0 bridgehead atoms. The predicted molar refractivity (Wildman–Crippen MR) is 119 cm³/mol. The number of hydrogen-bond acceptors (Lipinski definition) is 5. The monoisotopic (exact) mass is 444 g/mol. The summed E-state index contributed by atoms with van der Waals surface area (Å²) in [5.74, 6) is -0.0267. The summed E-state index contributed by atoms with van der Waals surface area (Å²) in [6, 6.07) is 6.34. The highest BCUT2D eigenvalue weighted by atomic mass is 32.1. The zero-order valence-corrected chi connectivity index (χ0v) is 18.6. The number of rotatable bonds is 5. The van der Waals surface area contributed by atoms with Gasteiger partial charge in [0.2, 0.25) is 11.8 Å². The van der Waals surface area contributed by atoms with Crippen LogP contribution in [0.2, 0.25) is 0 Å². The first-order chi connectivity index (χ1) is 15.1. The van der Waals surface area contributed by atoms with E-state index in [0.717, 1.165) is 49.6 Å². The Morgan fingerprint density at radius 3 is 2.35 bits per heavy atom. The molecule has 0 saturated carbocycles. The van der Waals surface area contributed by atoms with E-state index >= 15 is 0 Å². The quantitative estimate of drug-likeness (QED) is 0.711. The minimum atomic E-state index is -0.294. The third-order valence-corrected chi connectivity index (χ3v) is 6.94. The normalized spacial score (nSPS) is 18.1. The van der Waals surface area contributed by atoms with Gasteiger partial charge in [-0.1, -0.05) is 25.0 Å². The SMILES string of the molecule is O=C(Cc1csc(-c2cccc(F)c2)n1)N1CCN(CC(=O)N2CCCCCC2)CC1. The Kier molecular flexibility index (Phi) is 7.29. The van der Waals surface area contributed by atoms with Crippen LogP contribution in [0.15, 0.2) is 29.6 Å². The average Bonchev–Trinajstić information content (AvgIpc) is 3.06. The van der Waals surface area contributed by atoms with Gasteiger partial charge in [0.1, 0.15) is 10.8 Å². The first kappa shape index (κ1) is 21.9. The van der Waals surface area contributed by atoms with E-state index in [9.17, 15) is 14.0 Å². The topological polar surface area (TPSA) is 56.8 Å². The van der Waals surface area contributed by atoms with Crippen molar-refractivity contribution < 1.29 is 14.0 Å². The van der Waals surface area contributed by atoms with Crippen molar-refractivity contribution in [1.82, 2.24) is 19.7 Å². The maximum Gasteiger partial charge on any atom is 0.236 e. The summed E-state index contributed by atoms with van der Waals surface area (Å²) < 4.78 is 13.4. The van der Waals surface area contributed by atoms with Gasteiger partial charge in [0.25, 0.3) is 0 Å². The van der Waals surface area contributed by atoms with Gasteiger partial charge < -0.3 is 9.80 Å². The van der Waals surface area contributed by atoms with Crippen LogP contribution in [-0.4, -0.2) is 77.3 Å². The molecule has 0 radical (unpaired) electrons. The van der Waals surface area contributed by atoms with Crippen molar-refractivity contribution >= 4 is 23.2 Å². The number of likely N-dealkylation sites (tertiary alicyclic amines) is 1. The summed E-state index contributed by atoms with van der Waals surface area (Å²) in [4.78, 5) is 35.8. The molecule has 31 heavy (non-hydrogen) atoms. The fraction of sp³-hybridized carbons (Fsp3) is 0.522. The number of piperazine rings is 1. The van der Waals surface area contributed by atoms with Crippen LogP contribution >= 0.6 is 11.3 Å². The van der Waals surface area contributed by atoms with Crippen molar-refractivity contribution in [2.75, 3.05) is 45.8 Å². The molecule has 4 rings (SSSR count). The molecular weight excluding hydrogens is 415 g/mol. The van der Waals surface area contributed by atoms with Gasteiger partial charge in [-0.05, 0) is 25.0 Å². The van der Waals surface area contributed by atoms with E-state index in [1.165, 1.54) is 36.3 Å². The highest BCUT2D eigenvalue weighted by Crippen LogP contribution is 2.24. The molecule has 2 fully saturated rings. The summed E-state index contributed by atoms with van der Waals surface area (Å²) in [5.41, 5.74) is 1.44. The summed E-state index contributed by atoms with van der Waals surface area (Å²) in [6.07, 6.45) is 4.89. The molecule has 1 aromatic carbocycles. The fourth-order valence-electron chi connectivity index (χ4n) is 4.18. The van der Waals surface area contributed by atoms with E-state index in [1.807, 2.05) is 21.2 Å². The lowest BCUT2D eigenvalue weighted by Crippen LogP contribution is -2.52. The molecule has 3 heterocycles. The molecule has 2 saturated heterocycles. The van der Waals surface area contributed by atoms with Gasteiger partial charge >= 0.3 is 0 Å². The number of carbonyl (C=O) groups is 2. The number of benzene rings is 1. The Labute approximate surface area is 186 Å². The van der Waals surface area contributed by atoms with Crippen LogP contribution in [0.5, 0.6) is 0 Å². The van der Waals surface area contributed by atoms with Crippen LogP contribution in [-0.2, 0) is 16.0 Å². The van der Waals surface area contributed by atoms with Gasteiger partial charge in [0, 0.05) is 50.2 Å². The van der Waals surface area contributed by atoms with E-state index in [1.54, 1.807) is 6.07 Å². The smallest absolute Gasteiger partial charge is 0.236 e. The lowest BCUT2D eigenvalue weighted by atomic mass is 10.2. The molecule has 2 aromatic rings. The second-order valence-electron chi connectivity index (χ2n) is 8.28. The minimum absolute atomic E-state index is 0.0505. The Morgan fingerprint density at radius 2 is 1.65 bits per heavy atom. The highest BCUT2D eigenvalue weighted by molar-refractivity contribution is 7.13. The Morgan fingerprint density at radius 1 is 0.935 bits per heavy atom. The van der Waals surface area contributed by atoms with Crippen LogP contribution in [0, 0.1) is 5.82 Å². The number of hydrogen-bond donors (Lipinski definition) is 0. The standard InChI is InChI=1S/C23H29FN4O2S/c24-19-7-5-6-18(14-19)23-25-20(17-31-23)15-21(29)28-12-10-26(11-13-28)16-22(30)27-8-3-1-2-4-9-27/h5-7,14,17H,1-4,8-13,15-16H2. The second-order valence-corrected chi connectivity index (χ2v) is 9.14. The maximum atomic E-state index is 13.4. The number of halogens is 1. The first-order valence-corrected chi connectivity index (χ1v) is 11.9. The number of amides is 2. The van der Waals surface area contributed by atoms with Gasteiger partial charge in [-0.25, -0.2) is 9.37 Å². The molecule has 2 aliphatic heterocycles. The van der Waals surface area contributed by atoms with Crippen molar-refractivity contribution in [3.63, 3.8) is 0 Å². The van der Waals surface area contributed by atoms with Crippen LogP contribution in [0.3, 0.4) is 0 Å². The van der Waals surface area contributed by atoms with Gasteiger partial charge in [-0.2, -0.15) is 0 Å². The third kappa shape index (κ3) is 5.89. The molecule has 0 aliphatic carbocycles. The van der Waals surface area contributed by atoms with Crippen molar-refractivity contribution in [3.05, 3.63) is 41.2 Å². The molecule has 2 amide bonds. The zero-order chi connectivity index (χ0) is 21.6. The summed E-state index contributed by atoms with van der Waals surface area (Å²) in [7, 11) is 0. The van der Waals surface area contributed by atoms with Crippen molar-refractivity contribution in [3.8, 4) is 10.6 Å². The summed E-state index contributed by atoms with van der Waals surface area (Å²) in [5, 5.41) is 2.59. The number of thiazole rings is 1. The maximum absolute atomic E-state index is 13.4. The largest absolute Gasteiger partial charge is 0.342 e. The second kappa shape index (κ2) is 10.3. The zero-order valence-electron chi connectivity index (χ0n) is 17.8.